The largest absolute Gasteiger partial charge is 0.462 e. The molecule has 2 fully saturated rings. The number of alkyl halides is 1. The number of piperazine rings is 1. The van der Waals surface area contributed by atoms with Crippen LogP contribution in [0.1, 0.15) is 37.4 Å². The number of hydrogen-bond acceptors (Lipinski definition) is 8. The zero-order chi connectivity index (χ0) is 31.6. The topological polar surface area (TPSA) is 88.8 Å². The number of fused-ring (bicyclic) bond motifs is 2. The smallest absolute Gasteiger partial charge is 0.318 e. The molecular weight excluding hydrogens is 593 g/mol. The summed E-state index contributed by atoms with van der Waals surface area (Å²) in [7, 11) is 0. The highest BCUT2D eigenvalue weighted by atomic mass is 35.5. The number of aromatic nitrogens is 2. The minimum atomic E-state index is -1.10. The molecule has 1 aromatic heterocycles. The minimum absolute atomic E-state index is 0.168. The summed E-state index contributed by atoms with van der Waals surface area (Å²) in [5.74, 6) is 0.629. The predicted molar refractivity (Wildman–Crippen MR) is 175 cm³/mol. The van der Waals surface area contributed by atoms with E-state index in [2.05, 4.69) is 51.6 Å². The Morgan fingerprint density at radius 1 is 1.16 bits per heavy atom. The van der Waals surface area contributed by atoms with Crippen LogP contribution in [0, 0.1) is 11.3 Å². The number of carbonyl (C=O) groups excluding carboxylic acids is 1. The van der Waals surface area contributed by atoms with E-state index in [4.69, 9.17) is 26.3 Å². The number of rotatable bonds is 8. The molecule has 4 heterocycles. The lowest BCUT2D eigenvalue weighted by Crippen LogP contribution is -2.55. The number of hydrogen-bond donors (Lipinski definition) is 0. The molecule has 2 aromatic carbocycles. The van der Waals surface area contributed by atoms with Crippen molar-refractivity contribution in [1.29, 1.82) is 5.26 Å². The van der Waals surface area contributed by atoms with Crippen molar-refractivity contribution in [2.75, 3.05) is 62.2 Å². The molecule has 1 atom stereocenters. The number of piperidine rings is 1. The molecule has 11 heteroatoms. The fourth-order valence-electron chi connectivity index (χ4n) is 6.70. The van der Waals surface area contributed by atoms with Crippen molar-refractivity contribution in [3.63, 3.8) is 0 Å². The van der Waals surface area contributed by atoms with E-state index in [1.807, 2.05) is 12.1 Å². The molecule has 45 heavy (non-hydrogen) atoms. The van der Waals surface area contributed by atoms with Gasteiger partial charge in [0.05, 0.1) is 35.8 Å². The molecule has 2 saturated heterocycles. The summed E-state index contributed by atoms with van der Waals surface area (Å²) in [5.41, 5.74) is 1.90. The predicted octanol–water partition coefficient (Wildman–Crippen LogP) is 5.17. The van der Waals surface area contributed by atoms with Crippen LogP contribution in [0.15, 0.2) is 49.1 Å². The summed E-state index contributed by atoms with van der Waals surface area (Å²) in [6.07, 6.45) is 3.28. The highest BCUT2D eigenvalue weighted by molar-refractivity contribution is 6.36. The van der Waals surface area contributed by atoms with Gasteiger partial charge in [0.15, 0.2) is 0 Å². The molecule has 0 radical (unpaired) electrons. The van der Waals surface area contributed by atoms with Crippen molar-refractivity contribution in [3.8, 4) is 12.1 Å². The number of anilines is 2. The van der Waals surface area contributed by atoms with Gasteiger partial charge < -0.3 is 19.4 Å². The molecule has 3 aliphatic heterocycles. The first-order valence-electron chi connectivity index (χ1n) is 15.7. The molecule has 0 unspecified atom stereocenters. The Morgan fingerprint density at radius 2 is 1.93 bits per heavy atom. The monoisotopic (exact) mass is 631 g/mol. The van der Waals surface area contributed by atoms with Crippen LogP contribution >= 0.6 is 11.6 Å². The highest BCUT2D eigenvalue weighted by Crippen LogP contribution is 2.37. The van der Waals surface area contributed by atoms with Crippen molar-refractivity contribution < 1.29 is 13.9 Å². The van der Waals surface area contributed by atoms with Crippen LogP contribution < -0.4 is 14.5 Å². The number of benzene rings is 2. The average molecular weight is 632 g/mol. The lowest BCUT2D eigenvalue weighted by atomic mass is 9.96. The third-order valence-corrected chi connectivity index (χ3v) is 9.61. The van der Waals surface area contributed by atoms with Gasteiger partial charge in [0.25, 0.3) is 0 Å². The zero-order valence-corrected chi connectivity index (χ0v) is 26.5. The third-order valence-electron chi connectivity index (χ3n) is 9.30. The van der Waals surface area contributed by atoms with Crippen molar-refractivity contribution in [3.05, 3.63) is 65.3 Å². The molecule has 0 N–H and O–H groups in total. The summed E-state index contributed by atoms with van der Waals surface area (Å²) in [5, 5.41) is 12.3. The van der Waals surface area contributed by atoms with E-state index in [-0.39, 0.29) is 18.4 Å². The van der Waals surface area contributed by atoms with Crippen LogP contribution in [-0.4, -0.2) is 89.8 Å². The molecule has 0 aliphatic carbocycles. The number of carbonyl (C=O) groups is 1. The molecule has 0 bridgehead atoms. The number of likely N-dealkylation sites (tertiary alicyclic amines) is 1. The SMILES string of the molecule is C=CC(=O)N1CCN(c2nc(OCCN3CCC(C)(F)CC3)nc3c2CCN(c2cccc4cccc(Cl)c24)C3)C[C@@H]1CC#N. The van der Waals surface area contributed by atoms with E-state index in [1.54, 1.807) is 11.8 Å². The lowest BCUT2D eigenvalue weighted by molar-refractivity contribution is -0.128. The molecule has 9 nitrogen and oxygen atoms in total. The molecule has 236 valence electrons. The van der Waals surface area contributed by atoms with Gasteiger partial charge in [-0.25, -0.2) is 4.39 Å². The molecule has 6 rings (SSSR count). The van der Waals surface area contributed by atoms with E-state index < -0.39 is 5.67 Å². The van der Waals surface area contributed by atoms with E-state index >= 15 is 0 Å². The Balaban J connectivity index is 1.28. The quantitative estimate of drug-likeness (QED) is 0.315. The van der Waals surface area contributed by atoms with Crippen molar-refractivity contribution in [2.24, 2.45) is 0 Å². The number of amides is 1. The maximum Gasteiger partial charge on any atom is 0.318 e. The summed E-state index contributed by atoms with van der Waals surface area (Å²) < 4.78 is 20.5. The first kappa shape index (κ1) is 31.1. The third kappa shape index (κ3) is 6.70. The second-order valence-corrected chi connectivity index (χ2v) is 12.8. The number of halogens is 2. The van der Waals surface area contributed by atoms with E-state index in [0.29, 0.717) is 76.3 Å². The van der Waals surface area contributed by atoms with E-state index in [0.717, 1.165) is 46.5 Å². The fourth-order valence-corrected chi connectivity index (χ4v) is 6.98. The van der Waals surface area contributed by atoms with Gasteiger partial charge in [0.2, 0.25) is 5.91 Å². The van der Waals surface area contributed by atoms with Crippen molar-refractivity contribution in [1.82, 2.24) is 19.8 Å². The zero-order valence-electron chi connectivity index (χ0n) is 25.7. The maximum absolute atomic E-state index is 14.3. The second kappa shape index (κ2) is 13.2. The van der Waals surface area contributed by atoms with Crippen LogP contribution in [0.5, 0.6) is 6.01 Å². The molecule has 0 saturated carbocycles. The van der Waals surface area contributed by atoms with Gasteiger partial charge in [-0.3, -0.25) is 9.69 Å². The molecule has 3 aliphatic rings. The van der Waals surface area contributed by atoms with Crippen LogP contribution in [0.2, 0.25) is 5.02 Å². The van der Waals surface area contributed by atoms with Crippen LogP contribution in [0.25, 0.3) is 10.8 Å². The number of nitrogens with zero attached hydrogens (tertiary/aromatic N) is 7. The standard InChI is InChI=1S/C34H39ClFN7O2/c1-3-30(44)43-19-18-42(22-25(43)10-14-37)32-26-11-15-41(29-9-5-7-24-6-4-8-27(35)31(24)29)23-28(26)38-33(39-32)45-21-20-40-16-12-34(2,36)13-17-40/h3-9,25H,1,10-13,15-23H2,2H3/t25-/m0/s1. The Labute approximate surface area is 268 Å². The summed E-state index contributed by atoms with van der Waals surface area (Å²) in [4.78, 5) is 30.8. The average Bonchev–Trinajstić information content (AvgIpc) is 3.04. The minimum Gasteiger partial charge on any atom is -0.462 e. The Hall–Kier alpha value is -3.94. The van der Waals surface area contributed by atoms with Crippen molar-refractivity contribution in [2.45, 2.75) is 50.9 Å². The van der Waals surface area contributed by atoms with Crippen LogP contribution in [-0.2, 0) is 17.8 Å². The summed E-state index contributed by atoms with van der Waals surface area (Å²) >= 11 is 6.69. The fraction of sp³-hybridized carbons (Fsp3) is 0.471. The van der Waals surface area contributed by atoms with Gasteiger partial charge in [-0.1, -0.05) is 42.4 Å². The Bertz CT molecular complexity index is 1610. The lowest BCUT2D eigenvalue weighted by Gasteiger charge is -2.42. The van der Waals surface area contributed by atoms with Crippen molar-refractivity contribution >= 4 is 39.8 Å². The molecule has 0 spiro atoms. The summed E-state index contributed by atoms with van der Waals surface area (Å²) in [6.45, 7) is 10.6. The second-order valence-electron chi connectivity index (χ2n) is 12.3. The van der Waals surface area contributed by atoms with Gasteiger partial charge in [0.1, 0.15) is 18.1 Å². The van der Waals surface area contributed by atoms with Crippen LogP contribution in [0.4, 0.5) is 15.9 Å². The normalized spacial score (nSPS) is 20.0. The van der Waals surface area contributed by atoms with E-state index in [1.165, 1.54) is 6.08 Å². The number of ether oxygens (including phenoxy) is 1. The Morgan fingerprint density at radius 3 is 2.69 bits per heavy atom. The first-order chi connectivity index (χ1) is 21.8. The molecule has 1 amide bonds. The number of nitriles is 1. The highest BCUT2D eigenvalue weighted by Gasteiger charge is 2.34. The van der Waals surface area contributed by atoms with Gasteiger partial charge in [0, 0.05) is 62.5 Å². The maximum atomic E-state index is 14.3. The van der Waals surface area contributed by atoms with Gasteiger partial charge in [-0.05, 0) is 49.8 Å². The van der Waals surface area contributed by atoms with Gasteiger partial charge >= 0.3 is 6.01 Å². The summed E-state index contributed by atoms with van der Waals surface area (Å²) in [6, 6.07) is 14.4. The first-order valence-corrected chi connectivity index (χ1v) is 16.0. The Kier molecular flexibility index (Phi) is 9.11. The van der Waals surface area contributed by atoms with Gasteiger partial charge in [-0.15, -0.1) is 0 Å². The van der Waals surface area contributed by atoms with Crippen LogP contribution in [0.3, 0.4) is 0 Å². The molecule has 3 aromatic rings. The van der Waals surface area contributed by atoms with E-state index in [9.17, 15) is 14.4 Å². The van der Waals surface area contributed by atoms with Gasteiger partial charge in [-0.2, -0.15) is 15.2 Å². The molecular formula is C34H39ClFN7O2.